The van der Waals surface area contributed by atoms with Crippen LogP contribution in [0.25, 0.3) is 49.7 Å². The van der Waals surface area contributed by atoms with E-state index in [0.717, 1.165) is 27.8 Å². The molecule has 0 aliphatic carbocycles. The van der Waals surface area contributed by atoms with Gasteiger partial charge in [-0.15, -0.1) is 0 Å². The summed E-state index contributed by atoms with van der Waals surface area (Å²) in [5, 5.41) is 1.40. The maximum Gasteiger partial charge on any atom is 0.0629 e. The van der Waals surface area contributed by atoms with E-state index in [1.54, 1.807) is 24.3 Å². The third-order valence-corrected chi connectivity index (χ3v) is 7.66. The molecular weight excluding hydrogens is 482 g/mol. The van der Waals surface area contributed by atoms with E-state index in [2.05, 4.69) is 36.6 Å². The number of fused-ring (bicyclic) bond motifs is 3. The first-order valence-corrected chi connectivity index (χ1v) is 13.1. The van der Waals surface area contributed by atoms with Crippen molar-refractivity contribution in [3.63, 3.8) is 0 Å². The Morgan fingerprint density at radius 3 is 1.57 bits per heavy atom. The van der Waals surface area contributed by atoms with Gasteiger partial charge in [-0.1, -0.05) is 135 Å². The average Bonchev–Trinajstić information content (AvgIpc) is 3.45. The molecule has 0 bridgehead atoms. The molecule has 1 aromatic heterocycles. The average molecular weight is 524 g/mol. The molecule has 6 aromatic carbocycles. The second kappa shape index (κ2) is 9.70. The van der Waals surface area contributed by atoms with Crippen LogP contribution < -0.4 is 0 Å². The number of hydrogen-bond acceptors (Lipinski definition) is 0. The lowest BCUT2D eigenvalue weighted by atomic mass is 9.77. The first-order chi connectivity index (χ1) is 23.7. The van der Waals surface area contributed by atoms with Crippen LogP contribution in [0.2, 0.25) is 0 Å². The van der Waals surface area contributed by atoms with Gasteiger partial charge in [0.15, 0.2) is 0 Å². The molecule has 192 valence electrons. The number of benzene rings is 6. The fourth-order valence-corrected chi connectivity index (χ4v) is 5.59. The Hall–Kier alpha value is -4.88. The van der Waals surface area contributed by atoms with Crippen LogP contribution >= 0.6 is 0 Å². The summed E-state index contributed by atoms with van der Waals surface area (Å²) in [4.78, 5) is 0. The van der Waals surface area contributed by atoms with Crippen LogP contribution in [0.3, 0.4) is 0 Å². The van der Waals surface area contributed by atoms with Crippen LogP contribution in [0.1, 0.15) is 38.7 Å². The molecule has 0 aliphatic heterocycles. The van der Waals surface area contributed by atoms with Gasteiger partial charge in [0, 0.05) is 16.2 Å². The number of para-hydroxylation sites is 1. The predicted octanol–water partition coefficient (Wildman–Crippen LogP) is 10.4. The maximum atomic E-state index is 8.64. The molecule has 0 atom stereocenters. The molecule has 1 nitrogen and oxygen atoms in total. The lowest BCUT2D eigenvalue weighted by Crippen LogP contribution is -2.21. The molecule has 0 aliphatic rings. The third-order valence-electron chi connectivity index (χ3n) is 7.66. The maximum absolute atomic E-state index is 8.64. The van der Waals surface area contributed by atoms with E-state index in [-0.39, 0.29) is 35.3 Å². The van der Waals surface area contributed by atoms with Gasteiger partial charge in [-0.05, 0) is 63.7 Å². The Bertz CT molecular complexity index is 2330. The Kier molecular flexibility index (Phi) is 3.79. The smallest absolute Gasteiger partial charge is 0.0629 e. The second-order valence-electron chi connectivity index (χ2n) is 10.3. The van der Waals surface area contributed by atoms with Gasteiger partial charge in [0.05, 0.1) is 30.4 Å². The molecule has 40 heavy (non-hydrogen) atoms. The summed E-state index contributed by atoms with van der Waals surface area (Å²) >= 11 is 0. The van der Waals surface area contributed by atoms with Gasteiger partial charge in [-0.2, -0.15) is 0 Å². The highest BCUT2D eigenvalue weighted by Crippen LogP contribution is 2.41. The first kappa shape index (κ1) is 15.6. The Balaban J connectivity index is 1.58. The first-order valence-electron chi connectivity index (χ1n) is 18.1. The van der Waals surface area contributed by atoms with Crippen LogP contribution in [-0.2, 0) is 5.41 Å². The monoisotopic (exact) mass is 523 g/mol. The van der Waals surface area contributed by atoms with Crippen LogP contribution in [-0.4, -0.2) is 4.57 Å². The predicted molar refractivity (Wildman–Crippen MR) is 170 cm³/mol. The molecule has 0 amide bonds. The molecule has 7 rings (SSSR count). The van der Waals surface area contributed by atoms with Crippen molar-refractivity contribution in [2.24, 2.45) is 0 Å². The van der Waals surface area contributed by atoms with Crippen LogP contribution in [0.4, 0.5) is 0 Å². The van der Waals surface area contributed by atoms with Gasteiger partial charge in [0.2, 0.25) is 0 Å². The van der Waals surface area contributed by atoms with E-state index >= 15 is 0 Å². The van der Waals surface area contributed by atoms with Crippen molar-refractivity contribution in [2.45, 2.75) is 19.3 Å². The lowest BCUT2D eigenvalue weighted by molar-refractivity contribution is 0.637. The summed E-state index contributed by atoms with van der Waals surface area (Å²) < 4.78 is 85.9. The van der Waals surface area contributed by atoms with Gasteiger partial charge in [-0.25, -0.2) is 0 Å². The summed E-state index contributed by atoms with van der Waals surface area (Å²) in [6.07, 6.45) is 0. The fourth-order valence-electron chi connectivity index (χ4n) is 5.59. The van der Waals surface area contributed by atoms with E-state index in [1.807, 2.05) is 48.5 Å². The molecule has 0 N–H and O–H groups in total. The van der Waals surface area contributed by atoms with Gasteiger partial charge in [0.25, 0.3) is 0 Å². The minimum absolute atomic E-state index is 0.0752. The van der Waals surface area contributed by atoms with Crippen LogP contribution in [0, 0.1) is 0 Å². The summed E-state index contributed by atoms with van der Waals surface area (Å²) in [5.41, 5.74) is 5.25. The molecule has 0 saturated heterocycles. The summed E-state index contributed by atoms with van der Waals surface area (Å²) in [6, 6.07) is 25.3. The highest BCUT2D eigenvalue weighted by molar-refractivity contribution is 6.11. The molecule has 1 heterocycles. The van der Waals surface area contributed by atoms with Crippen molar-refractivity contribution in [3.05, 3.63) is 163 Å². The van der Waals surface area contributed by atoms with Crippen molar-refractivity contribution in [2.75, 3.05) is 0 Å². The third kappa shape index (κ3) is 4.03. The Morgan fingerprint density at radius 2 is 1.02 bits per heavy atom. The van der Waals surface area contributed by atoms with Crippen molar-refractivity contribution in [3.8, 4) is 27.9 Å². The van der Waals surface area contributed by atoms with Crippen molar-refractivity contribution >= 4 is 21.8 Å². The number of hydrogen-bond donors (Lipinski definition) is 0. The largest absolute Gasteiger partial charge is 0.309 e. The SMILES string of the molecule is [2H]c1c([2H])c([2H])c(-c2ccc3c(c2)c2cc(-c4c([2H])c([2H])c([2H])c([2H])c4[2H])ccc2n3-c2ccccc2C(C)(C)c2ccccc2)c([2H])c1[2H]. The molecule has 0 saturated carbocycles. The molecular formula is C39H31N. The Morgan fingerprint density at radius 1 is 0.525 bits per heavy atom. The highest BCUT2D eigenvalue weighted by atomic mass is 15.0. The zero-order chi connectivity index (χ0) is 35.8. The standard InChI is InChI=1S/C39H31N/c1-39(2,32-18-10-5-11-19-32)35-20-12-13-21-38(35)40-36-24-22-30(28-14-6-3-7-15-28)26-33(36)34-27-31(23-25-37(34)40)29-16-8-4-9-17-29/h3-27H,1-2H3/i3D,4D,6D,7D,8D,9D,14D,15D,16D,17D. The van der Waals surface area contributed by atoms with Gasteiger partial charge in [0.1, 0.15) is 0 Å². The van der Waals surface area contributed by atoms with E-state index in [0.29, 0.717) is 21.9 Å². The summed E-state index contributed by atoms with van der Waals surface area (Å²) in [7, 11) is 0. The summed E-state index contributed by atoms with van der Waals surface area (Å²) in [6.45, 7) is 4.34. The van der Waals surface area contributed by atoms with E-state index in [4.69, 9.17) is 13.7 Å². The minimum Gasteiger partial charge on any atom is -0.309 e. The van der Waals surface area contributed by atoms with Gasteiger partial charge in [-0.3, -0.25) is 0 Å². The zero-order valence-electron chi connectivity index (χ0n) is 32.1. The molecule has 0 spiro atoms. The molecule has 1 heteroatoms. The molecule has 0 unspecified atom stereocenters. The molecule has 0 fully saturated rings. The molecule has 0 radical (unpaired) electrons. The molecule has 7 aromatic rings. The lowest BCUT2D eigenvalue weighted by Gasteiger charge is -2.29. The van der Waals surface area contributed by atoms with Crippen LogP contribution in [0.5, 0.6) is 0 Å². The van der Waals surface area contributed by atoms with E-state index in [1.165, 1.54) is 0 Å². The second-order valence-corrected chi connectivity index (χ2v) is 10.3. The normalized spacial score (nSPS) is 15.2. The summed E-state index contributed by atoms with van der Waals surface area (Å²) in [5.74, 6) is 0. The number of rotatable bonds is 5. The minimum atomic E-state index is -0.470. The van der Waals surface area contributed by atoms with Crippen molar-refractivity contribution in [1.82, 2.24) is 4.57 Å². The quantitative estimate of drug-likeness (QED) is 0.211. The number of nitrogens with zero attached hydrogens (tertiary/aromatic N) is 1. The Labute approximate surface area is 250 Å². The fraction of sp³-hybridized carbons (Fsp3) is 0.0769. The van der Waals surface area contributed by atoms with Crippen LogP contribution in [0.15, 0.2) is 151 Å². The topological polar surface area (TPSA) is 4.93 Å². The van der Waals surface area contributed by atoms with Crippen molar-refractivity contribution in [1.29, 1.82) is 0 Å². The van der Waals surface area contributed by atoms with Crippen molar-refractivity contribution < 1.29 is 13.7 Å². The van der Waals surface area contributed by atoms with E-state index in [9.17, 15) is 0 Å². The van der Waals surface area contributed by atoms with Gasteiger partial charge < -0.3 is 4.57 Å². The van der Waals surface area contributed by atoms with E-state index < -0.39 is 41.7 Å². The number of aromatic nitrogens is 1. The zero-order valence-corrected chi connectivity index (χ0v) is 22.1. The highest BCUT2D eigenvalue weighted by Gasteiger charge is 2.27. The van der Waals surface area contributed by atoms with Gasteiger partial charge >= 0.3 is 0 Å².